The summed E-state index contributed by atoms with van der Waals surface area (Å²) in [6.45, 7) is 14.4. The molecule has 0 saturated carbocycles. The van der Waals surface area contributed by atoms with E-state index in [4.69, 9.17) is 9.47 Å². The van der Waals surface area contributed by atoms with Gasteiger partial charge in [-0.25, -0.2) is 0 Å². The lowest BCUT2D eigenvalue weighted by Gasteiger charge is -2.41. The van der Waals surface area contributed by atoms with Gasteiger partial charge in [0.2, 0.25) is 29.5 Å². The molecule has 1 saturated heterocycles. The molecule has 9 atom stereocenters. The van der Waals surface area contributed by atoms with Crippen molar-refractivity contribution in [3.8, 4) is 0 Å². The van der Waals surface area contributed by atoms with Gasteiger partial charge in [0.15, 0.2) is 0 Å². The van der Waals surface area contributed by atoms with Gasteiger partial charge in [-0.3, -0.25) is 33.9 Å². The summed E-state index contributed by atoms with van der Waals surface area (Å²) in [4.78, 5) is 79.7. The van der Waals surface area contributed by atoms with Gasteiger partial charge >= 0.3 is 0 Å². The normalized spacial score (nSPS) is 18.0. The minimum Gasteiger partial charge on any atom is -0.388 e. The number of methoxy groups -OCH3 is 2. The first-order valence-corrected chi connectivity index (χ1v) is 22.2. The Kier molecular flexibility index (Phi) is 20.8. The zero-order chi connectivity index (χ0) is 46.3. The van der Waals surface area contributed by atoms with Crippen molar-refractivity contribution in [3.05, 3.63) is 59.9 Å². The number of carbonyl (C=O) groups is 5. The quantitative estimate of drug-likeness (QED) is 0.120. The van der Waals surface area contributed by atoms with E-state index in [0.29, 0.717) is 18.7 Å². The molecule has 1 fully saturated rings. The fraction of sp³-hybridized carbons (Fsp3) is 0.660. The molecule has 62 heavy (non-hydrogen) atoms. The van der Waals surface area contributed by atoms with Gasteiger partial charge in [0.1, 0.15) is 12.1 Å². The second kappa shape index (κ2) is 24.9. The number of aromatic nitrogens is 1. The predicted molar refractivity (Wildman–Crippen MR) is 243 cm³/mol. The largest absolute Gasteiger partial charge is 0.388 e. The van der Waals surface area contributed by atoms with E-state index in [0.717, 1.165) is 24.1 Å². The Hall–Kier alpha value is -4.60. The maximum Gasteiger partial charge on any atom is 0.245 e. The molecule has 2 aromatic rings. The summed E-state index contributed by atoms with van der Waals surface area (Å²) < 4.78 is 12.1. The molecule has 0 unspecified atom stereocenters. The highest BCUT2D eigenvalue weighted by Gasteiger charge is 2.43. The van der Waals surface area contributed by atoms with Crippen molar-refractivity contribution in [3.63, 3.8) is 0 Å². The van der Waals surface area contributed by atoms with Crippen LogP contribution in [0.3, 0.4) is 0 Å². The molecular formula is C47H76N8O7. The van der Waals surface area contributed by atoms with Gasteiger partial charge in [-0.2, -0.15) is 0 Å². The number of benzene rings is 1. The van der Waals surface area contributed by atoms with E-state index in [2.05, 4.69) is 26.3 Å². The topological polar surface area (TPSA) is 175 Å². The average molecular weight is 865 g/mol. The molecule has 0 bridgehead atoms. The Morgan fingerprint density at radius 1 is 0.871 bits per heavy atom. The van der Waals surface area contributed by atoms with Crippen molar-refractivity contribution >= 4 is 35.2 Å². The third-order valence-electron chi connectivity index (χ3n) is 12.4. The first-order valence-electron chi connectivity index (χ1n) is 22.2. The van der Waals surface area contributed by atoms with E-state index >= 15 is 0 Å². The summed E-state index contributed by atoms with van der Waals surface area (Å²) >= 11 is 0. The lowest BCUT2D eigenvalue weighted by atomic mass is 9.89. The molecule has 15 heteroatoms. The minimum absolute atomic E-state index is 0.00456. The van der Waals surface area contributed by atoms with Gasteiger partial charge in [-0.15, -0.1) is 0 Å². The molecule has 0 radical (unpaired) electrons. The van der Waals surface area contributed by atoms with Crippen LogP contribution >= 0.6 is 0 Å². The zero-order valence-corrected chi connectivity index (χ0v) is 39.6. The van der Waals surface area contributed by atoms with Crippen molar-refractivity contribution in [2.75, 3.05) is 54.3 Å². The molecule has 2 heterocycles. The van der Waals surface area contributed by atoms with Crippen molar-refractivity contribution in [2.24, 2.45) is 23.7 Å². The fourth-order valence-corrected chi connectivity index (χ4v) is 8.75. The molecular weight excluding hydrogens is 789 g/mol. The van der Waals surface area contributed by atoms with E-state index in [1.165, 1.54) is 7.11 Å². The second-order valence-corrected chi connectivity index (χ2v) is 17.7. The number of hydrogen-bond donors (Lipinski definition) is 4. The van der Waals surface area contributed by atoms with Crippen molar-refractivity contribution in [2.45, 2.75) is 130 Å². The number of ether oxygens (including phenoxy) is 2. The summed E-state index contributed by atoms with van der Waals surface area (Å²) in [7, 11) is 10.4. The lowest BCUT2D eigenvalue weighted by Crippen LogP contribution is -2.59. The smallest absolute Gasteiger partial charge is 0.245 e. The second-order valence-electron chi connectivity index (χ2n) is 17.7. The Bertz CT molecular complexity index is 1720. The maximum absolute atomic E-state index is 14.4. The van der Waals surface area contributed by atoms with Gasteiger partial charge in [0, 0.05) is 65.4 Å². The molecule has 1 aliphatic rings. The van der Waals surface area contributed by atoms with Crippen LogP contribution < -0.4 is 21.3 Å². The Labute approximate surface area is 370 Å². The van der Waals surface area contributed by atoms with Crippen LogP contribution in [0.5, 0.6) is 0 Å². The Morgan fingerprint density at radius 2 is 1.55 bits per heavy atom. The fourth-order valence-electron chi connectivity index (χ4n) is 8.75. The van der Waals surface area contributed by atoms with E-state index in [-0.39, 0.29) is 66.7 Å². The van der Waals surface area contributed by atoms with Gasteiger partial charge in [-0.1, -0.05) is 73.1 Å². The average Bonchev–Trinajstić information content (AvgIpc) is 3.73. The number of anilines is 1. The van der Waals surface area contributed by atoms with Gasteiger partial charge < -0.3 is 40.5 Å². The van der Waals surface area contributed by atoms with Crippen LogP contribution in [0.4, 0.5) is 5.69 Å². The van der Waals surface area contributed by atoms with Gasteiger partial charge in [-0.05, 0) is 74.5 Å². The van der Waals surface area contributed by atoms with Crippen molar-refractivity contribution in [1.82, 2.24) is 35.6 Å². The Morgan fingerprint density at radius 3 is 2.08 bits per heavy atom. The first-order chi connectivity index (χ1) is 29.4. The molecule has 1 aromatic heterocycles. The van der Waals surface area contributed by atoms with Crippen molar-refractivity contribution < 1.29 is 33.4 Å². The zero-order valence-electron chi connectivity index (χ0n) is 39.6. The molecule has 346 valence electrons. The van der Waals surface area contributed by atoms with E-state index < -0.39 is 48.3 Å². The van der Waals surface area contributed by atoms with Crippen LogP contribution in [0, 0.1) is 23.7 Å². The third kappa shape index (κ3) is 14.0. The third-order valence-corrected chi connectivity index (χ3v) is 12.4. The summed E-state index contributed by atoms with van der Waals surface area (Å²) in [5, 5.41) is 12.1. The van der Waals surface area contributed by atoms with Crippen LogP contribution in [-0.2, 0) is 46.4 Å². The van der Waals surface area contributed by atoms with E-state index in [1.807, 2.05) is 104 Å². The van der Waals surface area contributed by atoms with Gasteiger partial charge in [0.05, 0.1) is 42.7 Å². The molecule has 5 amide bonds. The number of likely N-dealkylation sites (tertiary alicyclic amines) is 1. The minimum atomic E-state index is -0.914. The predicted octanol–water partition coefficient (Wildman–Crippen LogP) is 4.11. The molecule has 0 aliphatic carbocycles. The number of hydrogen-bond acceptors (Lipinski definition) is 10. The monoisotopic (exact) mass is 865 g/mol. The highest BCUT2D eigenvalue weighted by atomic mass is 16.5. The summed E-state index contributed by atoms with van der Waals surface area (Å²) in [5.74, 6) is -2.29. The standard InChI is InChI=1S/C47H76N8O7/c1-14-31(6)42(54(11)47(60)40(29(2)3)52-46(59)41(30(4)5)53(9)10)38(61-12)27-39(56)55-25-17-19-37(55)43(62-13)32(7)44(57)51-36(26-35-18-15-16-24-49-35)45(58)50-28-33-20-22-34(48-8)23-21-33/h15-16,18,20-24,29-32,36-38,40-43,48H,14,17,19,25-28H2,1-13H3,(H,50,58)(H,51,57)(H,52,59)/t31-,32+,36+,37-,38+,40-,41-,42-,43+/m0/s1. The first kappa shape index (κ1) is 51.7. The number of nitrogens with one attached hydrogen (secondary N) is 4. The summed E-state index contributed by atoms with van der Waals surface area (Å²) in [6, 6.07) is 10.2. The Balaban J connectivity index is 1.79. The molecule has 15 nitrogen and oxygen atoms in total. The van der Waals surface area contributed by atoms with Crippen LogP contribution in [0.25, 0.3) is 0 Å². The van der Waals surface area contributed by atoms with Crippen LogP contribution in [-0.4, -0.2) is 141 Å². The number of nitrogens with zero attached hydrogens (tertiary/aromatic N) is 4. The molecule has 1 aliphatic heterocycles. The number of pyridine rings is 1. The molecule has 0 spiro atoms. The van der Waals surface area contributed by atoms with Crippen LogP contribution in [0.15, 0.2) is 48.7 Å². The highest BCUT2D eigenvalue weighted by molar-refractivity contribution is 5.90. The molecule has 1 aromatic carbocycles. The number of rotatable bonds is 24. The van der Waals surface area contributed by atoms with Crippen molar-refractivity contribution in [1.29, 1.82) is 0 Å². The highest BCUT2D eigenvalue weighted by Crippen LogP contribution is 2.30. The molecule has 4 N–H and O–H groups in total. The molecule has 3 rings (SSSR count). The SMILES string of the molecule is CC[C@H](C)[C@@H]([C@@H](CC(=O)N1CCC[C@H]1[C@H](OC)[C@@H](C)C(=O)N[C@H](Cc1ccccn1)C(=O)NCc1ccc(NC)cc1)OC)N(C)C(=O)[C@@H](NC(=O)[C@H](C(C)C)N(C)C)C(C)C. The maximum atomic E-state index is 14.4. The summed E-state index contributed by atoms with van der Waals surface area (Å²) in [6.07, 6.45) is 2.56. The van der Waals surface area contributed by atoms with E-state index in [9.17, 15) is 24.0 Å². The van der Waals surface area contributed by atoms with Gasteiger partial charge in [0.25, 0.3) is 0 Å². The summed E-state index contributed by atoms with van der Waals surface area (Å²) in [5.41, 5.74) is 2.52. The number of carbonyl (C=O) groups excluding carboxylic acids is 5. The number of amides is 5. The van der Waals surface area contributed by atoms with Crippen LogP contribution in [0.1, 0.15) is 85.4 Å². The lowest BCUT2D eigenvalue weighted by molar-refractivity contribution is -0.148. The van der Waals surface area contributed by atoms with E-state index in [1.54, 1.807) is 43.1 Å². The van der Waals surface area contributed by atoms with Crippen LogP contribution in [0.2, 0.25) is 0 Å². The number of likely N-dealkylation sites (N-methyl/N-ethyl adjacent to an activating group) is 2.